The van der Waals surface area contributed by atoms with Gasteiger partial charge in [-0.2, -0.15) is 0 Å². The fraction of sp³-hybridized carbons (Fsp3) is 0.400. The predicted molar refractivity (Wildman–Crippen MR) is 130 cm³/mol. The van der Waals surface area contributed by atoms with Crippen LogP contribution in [0.2, 0.25) is 5.02 Å². The average Bonchev–Trinajstić information content (AvgIpc) is 3.38. The number of halogens is 2. The normalized spacial score (nSPS) is 19.8. The van der Waals surface area contributed by atoms with Gasteiger partial charge in [-0.05, 0) is 61.6 Å². The summed E-state index contributed by atoms with van der Waals surface area (Å²) >= 11 is 5.91. The summed E-state index contributed by atoms with van der Waals surface area (Å²) in [6, 6.07) is 10.0. The first-order chi connectivity index (χ1) is 16.6. The zero-order chi connectivity index (χ0) is 23.5. The summed E-state index contributed by atoms with van der Waals surface area (Å²) in [6.45, 7) is 3.08. The van der Waals surface area contributed by atoms with Crippen molar-refractivity contribution in [3.05, 3.63) is 75.5 Å². The topological polar surface area (TPSA) is 81.1 Å². The Balaban J connectivity index is 1.44. The predicted octanol–water partition coefficient (Wildman–Crippen LogP) is 3.89. The van der Waals surface area contributed by atoms with Crippen molar-refractivity contribution >= 4 is 17.5 Å². The van der Waals surface area contributed by atoms with Gasteiger partial charge in [0.25, 0.3) is 5.56 Å². The van der Waals surface area contributed by atoms with E-state index in [-0.39, 0.29) is 28.6 Å². The lowest BCUT2D eigenvalue weighted by Gasteiger charge is -2.26. The van der Waals surface area contributed by atoms with Gasteiger partial charge in [0.1, 0.15) is 5.82 Å². The van der Waals surface area contributed by atoms with Gasteiger partial charge in [0.15, 0.2) is 0 Å². The Morgan fingerprint density at radius 3 is 2.76 bits per heavy atom. The second-order valence-corrected chi connectivity index (χ2v) is 9.24. The van der Waals surface area contributed by atoms with E-state index in [0.29, 0.717) is 17.2 Å². The Morgan fingerprint density at radius 1 is 1.18 bits per heavy atom. The zero-order valence-electron chi connectivity index (χ0n) is 18.7. The number of rotatable bonds is 6. The lowest BCUT2D eigenvalue weighted by molar-refractivity contribution is 0.0903. The average molecular weight is 484 g/mol. The highest BCUT2D eigenvalue weighted by molar-refractivity contribution is 6.30. The summed E-state index contributed by atoms with van der Waals surface area (Å²) in [7, 11) is 0. The first-order valence-corrected chi connectivity index (χ1v) is 12.0. The molecule has 9 heteroatoms. The fourth-order valence-electron chi connectivity index (χ4n) is 4.80. The van der Waals surface area contributed by atoms with Crippen LogP contribution in [0.5, 0.6) is 0 Å². The standard InChI is InChI=1S/C25H27ClFN5O2/c26-20-2-1-17(13-21(20)27)24(18-3-8-28-15-18)32-10-5-16(14-23(32)33)22-4-9-29-25(31-22)30-19-6-11-34-12-7-19/h1-2,4-5,9-10,13-14,18-19,24,28H,3,6-8,11-12,15H2,(H,29,30,31)/t18-,24?/m1/s1. The van der Waals surface area contributed by atoms with Crippen LogP contribution < -0.4 is 16.2 Å². The first-order valence-electron chi connectivity index (χ1n) is 11.6. The van der Waals surface area contributed by atoms with Gasteiger partial charge in [0.2, 0.25) is 5.95 Å². The van der Waals surface area contributed by atoms with Gasteiger partial charge in [-0.25, -0.2) is 14.4 Å². The molecule has 2 saturated heterocycles. The minimum Gasteiger partial charge on any atom is -0.381 e. The molecule has 178 valence electrons. The molecule has 0 saturated carbocycles. The molecule has 2 aliphatic rings. The van der Waals surface area contributed by atoms with E-state index in [0.717, 1.165) is 51.1 Å². The van der Waals surface area contributed by atoms with Crippen molar-refractivity contribution in [2.75, 3.05) is 31.6 Å². The first kappa shape index (κ1) is 23.0. The molecule has 0 radical (unpaired) electrons. The highest BCUT2D eigenvalue weighted by Crippen LogP contribution is 2.32. The van der Waals surface area contributed by atoms with Crippen LogP contribution in [-0.4, -0.2) is 46.9 Å². The molecule has 0 aliphatic carbocycles. The number of anilines is 1. The Morgan fingerprint density at radius 2 is 2.03 bits per heavy atom. The van der Waals surface area contributed by atoms with E-state index < -0.39 is 5.82 Å². The van der Waals surface area contributed by atoms with Crippen LogP contribution in [0.25, 0.3) is 11.3 Å². The molecule has 0 bridgehead atoms. The molecule has 3 aromatic rings. The quantitative estimate of drug-likeness (QED) is 0.553. The van der Waals surface area contributed by atoms with Crippen LogP contribution in [0, 0.1) is 11.7 Å². The number of ether oxygens (including phenoxy) is 1. The second kappa shape index (κ2) is 10.2. The highest BCUT2D eigenvalue weighted by Gasteiger charge is 2.29. The van der Waals surface area contributed by atoms with E-state index in [1.807, 2.05) is 6.07 Å². The summed E-state index contributed by atoms with van der Waals surface area (Å²) < 4.78 is 21.4. The third-order valence-corrected chi connectivity index (χ3v) is 6.89. The lowest BCUT2D eigenvalue weighted by atomic mass is 9.91. The van der Waals surface area contributed by atoms with Crippen molar-refractivity contribution < 1.29 is 9.13 Å². The number of benzene rings is 1. The smallest absolute Gasteiger partial charge is 0.251 e. The van der Waals surface area contributed by atoms with Crippen LogP contribution in [0.1, 0.15) is 30.9 Å². The number of nitrogens with one attached hydrogen (secondary N) is 2. The number of nitrogens with zero attached hydrogens (tertiary/aromatic N) is 3. The molecule has 2 aromatic heterocycles. The third-order valence-electron chi connectivity index (χ3n) is 6.58. The number of aromatic nitrogens is 3. The molecule has 34 heavy (non-hydrogen) atoms. The largest absolute Gasteiger partial charge is 0.381 e. The molecule has 2 atom stereocenters. The van der Waals surface area contributed by atoms with E-state index in [1.165, 1.54) is 6.07 Å². The molecule has 7 nitrogen and oxygen atoms in total. The number of hydrogen-bond acceptors (Lipinski definition) is 6. The maximum absolute atomic E-state index is 14.3. The molecule has 0 spiro atoms. The Bertz CT molecular complexity index is 1210. The van der Waals surface area contributed by atoms with Crippen molar-refractivity contribution in [1.82, 2.24) is 19.9 Å². The van der Waals surface area contributed by atoms with Gasteiger partial charge in [0, 0.05) is 49.8 Å². The van der Waals surface area contributed by atoms with E-state index in [4.69, 9.17) is 16.3 Å². The van der Waals surface area contributed by atoms with Crippen LogP contribution in [-0.2, 0) is 4.74 Å². The SMILES string of the molecule is O=c1cc(-c2ccnc(NC3CCOCC3)n2)ccn1C(c1ccc(Cl)c(F)c1)[C@@H]1CCNC1. The van der Waals surface area contributed by atoms with Gasteiger partial charge < -0.3 is 19.9 Å². The van der Waals surface area contributed by atoms with Gasteiger partial charge in [-0.15, -0.1) is 0 Å². The summed E-state index contributed by atoms with van der Waals surface area (Å²) in [5.74, 6) is 0.226. The van der Waals surface area contributed by atoms with Crippen molar-refractivity contribution in [3.63, 3.8) is 0 Å². The molecule has 5 rings (SSSR count). The van der Waals surface area contributed by atoms with Crippen LogP contribution in [0.3, 0.4) is 0 Å². The van der Waals surface area contributed by atoms with Crippen LogP contribution in [0.4, 0.5) is 10.3 Å². The van der Waals surface area contributed by atoms with Crippen molar-refractivity contribution in [3.8, 4) is 11.3 Å². The molecule has 0 amide bonds. The summed E-state index contributed by atoms with van der Waals surface area (Å²) in [5.41, 5.74) is 1.95. The molecular formula is C25H27ClFN5O2. The monoisotopic (exact) mass is 483 g/mol. The van der Waals surface area contributed by atoms with E-state index in [9.17, 15) is 9.18 Å². The summed E-state index contributed by atoms with van der Waals surface area (Å²) in [4.78, 5) is 22.2. The van der Waals surface area contributed by atoms with Gasteiger partial charge in [0.05, 0.1) is 16.8 Å². The Kier molecular flexibility index (Phi) is 6.89. The Hall–Kier alpha value is -2.81. The van der Waals surface area contributed by atoms with Crippen molar-refractivity contribution in [2.24, 2.45) is 5.92 Å². The molecule has 1 aromatic carbocycles. The molecule has 1 unspecified atom stereocenters. The maximum Gasteiger partial charge on any atom is 0.251 e. The summed E-state index contributed by atoms with van der Waals surface area (Å²) in [5, 5.41) is 6.79. The number of pyridine rings is 1. The Labute approximate surface area is 202 Å². The number of hydrogen-bond donors (Lipinski definition) is 2. The minimum atomic E-state index is -0.481. The lowest BCUT2D eigenvalue weighted by Crippen LogP contribution is -2.31. The summed E-state index contributed by atoms with van der Waals surface area (Å²) in [6.07, 6.45) is 6.19. The molecule has 2 fully saturated rings. The molecule has 2 N–H and O–H groups in total. The highest BCUT2D eigenvalue weighted by atomic mass is 35.5. The van der Waals surface area contributed by atoms with Crippen molar-refractivity contribution in [1.29, 1.82) is 0 Å². The van der Waals surface area contributed by atoms with E-state index >= 15 is 0 Å². The van der Waals surface area contributed by atoms with Crippen LogP contribution in [0.15, 0.2) is 53.6 Å². The van der Waals surface area contributed by atoms with E-state index in [1.54, 1.807) is 41.2 Å². The van der Waals surface area contributed by atoms with Gasteiger partial charge in [-0.3, -0.25) is 4.79 Å². The van der Waals surface area contributed by atoms with Crippen LogP contribution >= 0.6 is 11.6 Å². The van der Waals surface area contributed by atoms with Gasteiger partial charge >= 0.3 is 0 Å². The molecule has 4 heterocycles. The minimum absolute atomic E-state index is 0.0728. The maximum atomic E-state index is 14.3. The second-order valence-electron chi connectivity index (χ2n) is 8.83. The van der Waals surface area contributed by atoms with Crippen molar-refractivity contribution in [2.45, 2.75) is 31.3 Å². The van der Waals surface area contributed by atoms with E-state index in [2.05, 4.69) is 20.6 Å². The third kappa shape index (κ3) is 4.99. The fourth-order valence-corrected chi connectivity index (χ4v) is 4.91. The molecular weight excluding hydrogens is 457 g/mol. The molecule has 2 aliphatic heterocycles. The zero-order valence-corrected chi connectivity index (χ0v) is 19.5. The van der Waals surface area contributed by atoms with Gasteiger partial charge in [-0.1, -0.05) is 17.7 Å².